The van der Waals surface area contributed by atoms with E-state index < -0.39 is 0 Å². The predicted octanol–water partition coefficient (Wildman–Crippen LogP) is 4.16. The summed E-state index contributed by atoms with van der Waals surface area (Å²) in [5.41, 5.74) is 2.98. The maximum atomic E-state index is 12.3. The zero-order chi connectivity index (χ0) is 17.9. The van der Waals surface area contributed by atoms with Crippen LogP contribution in [0.15, 0.2) is 36.5 Å². The van der Waals surface area contributed by atoms with Crippen molar-refractivity contribution in [2.24, 2.45) is 5.92 Å². The van der Waals surface area contributed by atoms with E-state index in [9.17, 15) is 4.79 Å². The highest BCUT2D eigenvalue weighted by Crippen LogP contribution is 2.34. The van der Waals surface area contributed by atoms with Crippen LogP contribution in [-0.4, -0.2) is 39.9 Å². The number of hydrogen-bond donors (Lipinski definition) is 1. The molecule has 2 heterocycles. The van der Waals surface area contributed by atoms with Gasteiger partial charge >= 0.3 is 0 Å². The standard InChI is InChI=1S/C21H26N4O.2ClH/c1-2-10-25-11-6-9-16-12-18-17(13-19(16)25)14-22-21(23-18)24-20(26)15-7-4-3-5-8-15;;/h3-5,7-8,14,16,19H,2,6,9-13H2,1H3,(H,22,23,24,26);2*1H/t16-,19-;;/m0../s1. The summed E-state index contributed by atoms with van der Waals surface area (Å²) >= 11 is 0. The van der Waals surface area contributed by atoms with Gasteiger partial charge in [-0.1, -0.05) is 25.1 Å². The first kappa shape index (κ1) is 22.6. The SMILES string of the molecule is CCCN1CCC[C@H]2Cc3nc(NC(=O)c4ccccc4)ncc3C[C@@H]21.Cl.Cl. The van der Waals surface area contributed by atoms with Crippen LogP contribution in [0.4, 0.5) is 5.95 Å². The molecule has 5 nitrogen and oxygen atoms in total. The van der Waals surface area contributed by atoms with Gasteiger partial charge in [0.15, 0.2) is 0 Å². The Bertz CT molecular complexity index is 785. The van der Waals surface area contributed by atoms with E-state index in [2.05, 4.69) is 27.1 Å². The molecule has 2 aliphatic rings. The third-order valence-electron chi connectivity index (χ3n) is 5.64. The number of halogens is 2. The first-order valence-electron chi connectivity index (χ1n) is 9.70. The molecule has 0 saturated carbocycles. The van der Waals surface area contributed by atoms with Crippen molar-refractivity contribution in [2.45, 2.75) is 45.1 Å². The number of carbonyl (C=O) groups is 1. The second-order valence-corrected chi connectivity index (χ2v) is 7.40. The third-order valence-corrected chi connectivity index (χ3v) is 5.64. The molecule has 2 aromatic rings. The molecule has 0 spiro atoms. The van der Waals surface area contributed by atoms with Gasteiger partial charge < -0.3 is 0 Å². The quantitative estimate of drug-likeness (QED) is 0.803. The minimum atomic E-state index is -0.161. The summed E-state index contributed by atoms with van der Waals surface area (Å²) in [4.78, 5) is 24.1. The van der Waals surface area contributed by atoms with Gasteiger partial charge in [0.2, 0.25) is 5.95 Å². The number of aromatic nitrogens is 2. The van der Waals surface area contributed by atoms with Crippen molar-refractivity contribution in [2.75, 3.05) is 18.4 Å². The normalized spacial score (nSPS) is 20.8. The van der Waals surface area contributed by atoms with Gasteiger partial charge in [-0.2, -0.15) is 0 Å². The van der Waals surface area contributed by atoms with E-state index in [-0.39, 0.29) is 30.7 Å². The van der Waals surface area contributed by atoms with E-state index in [1.54, 1.807) is 12.1 Å². The van der Waals surface area contributed by atoms with Crippen molar-refractivity contribution in [1.29, 1.82) is 0 Å². The molecule has 1 N–H and O–H groups in total. The lowest BCUT2D eigenvalue weighted by Crippen LogP contribution is -2.49. The number of nitrogens with zero attached hydrogens (tertiary/aromatic N) is 3. The number of amides is 1. The van der Waals surface area contributed by atoms with E-state index in [4.69, 9.17) is 0 Å². The molecular weight excluding hydrogens is 395 g/mol. The summed E-state index contributed by atoms with van der Waals surface area (Å²) < 4.78 is 0. The summed E-state index contributed by atoms with van der Waals surface area (Å²) in [6.45, 7) is 4.66. The zero-order valence-corrected chi connectivity index (χ0v) is 17.8. The number of rotatable bonds is 4. The highest BCUT2D eigenvalue weighted by Gasteiger charge is 2.35. The van der Waals surface area contributed by atoms with Gasteiger partial charge in [-0.15, -0.1) is 24.8 Å². The number of hydrogen-bond acceptors (Lipinski definition) is 4. The van der Waals surface area contributed by atoms with Crippen LogP contribution in [0.25, 0.3) is 0 Å². The molecule has 2 atom stereocenters. The molecular formula is C21H28Cl2N4O. The molecule has 4 rings (SSSR count). The molecule has 1 aromatic heterocycles. The van der Waals surface area contributed by atoms with E-state index in [1.807, 2.05) is 24.4 Å². The van der Waals surface area contributed by atoms with Gasteiger partial charge in [-0.05, 0) is 68.8 Å². The van der Waals surface area contributed by atoms with Crippen LogP contribution in [0.1, 0.15) is 47.8 Å². The minimum absolute atomic E-state index is 0. The Kier molecular flexibility index (Phi) is 8.23. The minimum Gasteiger partial charge on any atom is -0.300 e. The Morgan fingerprint density at radius 1 is 1.21 bits per heavy atom. The summed E-state index contributed by atoms with van der Waals surface area (Å²) in [6.07, 6.45) is 7.71. The maximum Gasteiger partial charge on any atom is 0.258 e. The van der Waals surface area contributed by atoms with Crippen LogP contribution in [0, 0.1) is 5.92 Å². The summed E-state index contributed by atoms with van der Waals surface area (Å²) in [7, 11) is 0. The van der Waals surface area contributed by atoms with E-state index in [1.165, 1.54) is 37.9 Å². The Labute approximate surface area is 179 Å². The lowest BCUT2D eigenvalue weighted by Gasteiger charge is -2.44. The molecule has 152 valence electrons. The highest BCUT2D eigenvalue weighted by atomic mass is 35.5. The summed E-state index contributed by atoms with van der Waals surface area (Å²) in [6, 6.07) is 9.83. The largest absolute Gasteiger partial charge is 0.300 e. The Balaban J connectivity index is 0.00000140. The number of likely N-dealkylation sites (tertiary alicyclic amines) is 1. The van der Waals surface area contributed by atoms with Gasteiger partial charge in [-0.25, -0.2) is 9.97 Å². The molecule has 0 bridgehead atoms. The van der Waals surface area contributed by atoms with Gasteiger partial charge in [0, 0.05) is 23.5 Å². The average molecular weight is 423 g/mol. The van der Waals surface area contributed by atoms with Crippen LogP contribution in [0.5, 0.6) is 0 Å². The van der Waals surface area contributed by atoms with Crippen LogP contribution in [0.3, 0.4) is 0 Å². The summed E-state index contributed by atoms with van der Waals surface area (Å²) in [5, 5.41) is 2.84. The Morgan fingerprint density at radius 2 is 2.00 bits per heavy atom. The first-order valence-corrected chi connectivity index (χ1v) is 9.70. The van der Waals surface area contributed by atoms with Crippen LogP contribution in [0.2, 0.25) is 0 Å². The number of carbonyl (C=O) groups excluding carboxylic acids is 1. The van der Waals surface area contributed by atoms with Crippen LogP contribution < -0.4 is 5.32 Å². The second-order valence-electron chi connectivity index (χ2n) is 7.40. The molecule has 0 radical (unpaired) electrons. The van der Waals surface area contributed by atoms with Crippen molar-refractivity contribution >= 4 is 36.7 Å². The van der Waals surface area contributed by atoms with E-state index in [0.29, 0.717) is 23.5 Å². The van der Waals surface area contributed by atoms with Crippen molar-refractivity contribution in [3.8, 4) is 0 Å². The molecule has 1 aliphatic carbocycles. The third kappa shape index (κ3) is 4.83. The van der Waals surface area contributed by atoms with Crippen molar-refractivity contribution in [1.82, 2.24) is 14.9 Å². The topological polar surface area (TPSA) is 58.1 Å². The molecule has 1 saturated heterocycles. The molecule has 0 unspecified atom stereocenters. The zero-order valence-electron chi connectivity index (χ0n) is 16.1. The van der Waals surface area contributed by atoms with Crippen molar-refractivity contribution in [3.63, 3.8) is 0 Å². The number of anilines is 1. The molecule has 1 fully saturated rings. The molecule has 1 amide bonds. The lowest BCUT2D eigenvalue weighted by molar-refractivity contribution is 0.0845. The maximum absolute atomic E-state index is 12.3. The monoisotopic (exact) mass is 422 g/mol. The number of fused-ring (bicyclic) bond motifs is 2. The fourth-order valence-electron chi connectivity index (χ4n) is 4.40. The van der Waals surface area contributed by atoms with Crippen molar-refractivity contribution < 1.29 is 4.79 Å². The van der Waals surface area contributed by atoms with Crippen LogP contribution in [-0.2, 0) is 12.8 Å². The van der Waals surface area contributed by atoms with Gasteiger partial charge in [-0.3, -0.25) is 15.0 Å². The van der Waals surface area contributed by atoms with Crippen molar-refractivity contribution in [3.05, 3.63) is 53.3 Å². The van der Waals surface area contributed by atoms with E-state index >= 15 is 0 Å². The van der Waals surface area contributed by atoms with Gasteiger partial charge in [0.05, 0.1) is 0 Å². The smallest absolute Gasteiger partial charge is 0.258 e. The van der Waals surface area contributed by atoms with E-state index in [0.717, 1.165) is 18.5 Å². The van der Waals surface area contributed by atoms with Gasteiger partial charge in [0.25, 0.3) is 5.91 Å². The molecule has 28 heavy (non-hydrogen) atoms. The number of piperidine rings is 1. The molecule has 7 heteroatoms. The number of benzene rings is 1. The van der Waals surface area contributed by atoms with Crippen LogP contribution >= 0.6 is 24.8 Å². The Morgan fingerprint density at radius 3 is 2.75 bits per heavy atom. The lowest BCUT2D eigenvalue weighted by atomic mass is 9.77. The highest BCUT2D eigenvalue weighted by molar-refractivity contribution is 6.03. The first-order chi connectivity index (χ1) is 12.7. The molecule has 1 aliphatic heterocycles. The second kappa shape index (κ2) is 10.2. The fraction of sp³-hybridized carbons (Fsp3) is 0.476. The number of nitrogens with one attached hydrogen (secondary N) is 1. The van der Waals surface area contributed by atoms with Gasteiger partial charge in [0.1, 0.15) is 0 Å². The predicted molar refractivity (Wildman–Crippen MR) is 117 cm³/mol. The Hall–Kier alpha value is -1.69. The molecule has 1 aromatic carbocycles. The average Bonchev–Trinajstić information content (AvgIpc) is 2.67. The summed E-state index contributed by atoms with van der Waals surface area (Å²) in [5.74, 6) is 0.929. The fourth-order valence-corrected chi connectivity index (χ4v) is 4.40.